The maximum absolute atomic E-state index is 10.8. The Hall–Kier alpha value is -0.980. The van der Waals surface area contributed by atoms with Crippen molar-refractivity contribution in [3.8, 4) is 0 Å². The number of likely N-dealkylation sites (N-methyl/N-ethyl adjacent to an activating group) is 1. The predicted octanol–water partition coefficient (Wildman–Crippen LogP) is -0.304. The van der Waals surface area contributed by atoms with Gasteiger partial charge in [-0.3, -0.25) is 9.69 Å². The minimum absolute atomic E-state index is 0.465. The first-order valence-corrected chi connectivity index (χ1v) is 5.51. The number of amides is 1. The molecule has 1 aromatic rings. The molecule has 1 rings (SSSR count). The van der Waals surface area contributed by atoms with Crippen molar-refractivity contribution < 1.29 is 4.79 Å². The van der Waals surface area contributed by atoms with Gasteiger partial charge >= 0.3 is 0 Å². The average molecular weight is 228 g/mol. The molecule has 0 aliphatic rings. The lowest BCUT2D eigenvalue weighted by Crippen LogP contribution is -2.44. The molecule has 0 aromatic carbocycles. The molecule has 84 valence electrons. The van der Waals surface area contributed by atoms with E-state index in [4.69, 9.17) is 11.5 Å². The van der Waals surface area contributed by atoms with Gasteiger partial charge in [0, 0.05) is 18.0 Å². The molecule has 0 radical (unpaired) electrons. The minimum atomic E-state index is -0.608. The molecule has 6 heteroatoms. The zero-order valence-electron chi connectivity index (χ0n) is 8.93. The Bertz CT molecular complexity index is 339. The molecule has 15 heavy (non-hydrogen) atoms. The molecule has 0 spiro atoms. The summed E-state index contributed by atoms with van der Waals surface area (Å²) in [5.74, 6) is -0.470. The molecule has 4 N–H and O–H groups in total. The Labute approximate surface area is 93.1 Å². The highest BCUT2D eigenvalue weighted by atomic mass is 32.1. The van der Waals surface area contributed by atoms with Gasteiger partial charge in [-0.15, -0.1) is 11.3 Å². The fourth-order valence-electron chi connectivity index (χ4n) is 1.21. The maximum Gasteiger partial charge on any atom is 0.235 e. The van der Waals surface area contributed by atoms with Gasteiger partial charge in [-0.05, 0) is 14.0 Å². The van der Waals surface area contributed by atoms with Crippen LogP contribution in [0.15, 0.2) is 5.51 Å². The standard InChI is InChI=1S/C9H16N4OS/c1-6-8(15-5-12-6)4-13(2)3-7(10)9(11)14/h5,7H,3-4,10H2,1-2H3,(H2,11,14). The summed E-state index contributed by atoms with van der Waals surface area (Å²) in [6.45, 7) is 3.18. The summed E-state index contributed by atoms with van der Waals surface area (Å²) >= 11 is 1.60. The van der Waals surface area contributed by atoms with Crippen LogP contribution in [-0.2, 0) is 11.3 Å². The topological polar surface area (TPSA) is 85.2 Å². The maximum atomic E-state index is 10.8. The van der Waals surface area contributed by atoms with Crippen molar-refractivity contribution in [3.63, 3.8) is 0 Å². The monoisotopic (exact) mass is 228 g/mol. The van der Waals surface area contributed by atoms with Crippen LogP contribution >= 0.6 is 11.3 Å². The van der Waals surface area contributed by atoms with Gasteiger partial charge in [0.05, 0.1) is 17.2 Å². The molecule has 0 aliphatic carbocycles. The molecule has 0 saturated carbocycles. The number of nitrogens with two attached hydrogens (primary N) is 2. The third-order valence-corrected chi connectivity index (χ3v) is 3.05. The molecule has 1 heterocycles. The van der Waals surface area contributed by atoms with Crippen molar-refractivity contribution >= 4 is 17.2 Å². The van der Waals surface area contributed by atoms with E-state index in [0.717, 1.165) is 12.2 Å². The van der Waals surface area contributed by atoms with Crippen LogP contribution in [0.2, 0.25) is 0 Å². The van der Waals surface area contributed by atoms with Crippen LogP contribution in [0.5, 0.6) is 0 Å². The second-order valence-electron chi connectivity index (χ2n) is 3.57. The van der Waals surface area contributed by atoms with Crippen LogP contribution in [0.1, 0.15) is 10.6 Å². The summed E-state index contributed by atoms with van der Waals surface area (Å²) in [6.07, 6.45) is 0. The summed E-state index contributed by atoms with van der Waals surface area (Å²) in [4.78, 5) is 18.1. The van der Waals surface area contributed by atoms with E-state index in [0.29, 0.717) is 6.54 Å². The molecule has 1 amide bonds. The van der Waals surface area contributed by atoms with Crippen LogP contribution < -0.4 is 11.5 Å². The largest absolute Gasteiger partial charge is 0.368 e. The highest BCUT2D eigenvalue weighted by Gasteiger charge is 2.13. The van der Waals surface area contributed by atoms with Gasteiger partial charge in [-0.1, -0.05) is 0 Å². The highest BCUT2D eigenvalue weighted by molar-refractivity contribution is 7.09. The number of nitrogens with zero attached hydrogens (tertiary/aromatic N) is 2. The van der Waals surface area contributed by atoms with Gasteiger partial charge in [-0.25, -0.2) is 4.98 Å². The Morgan fingerprint density at radius 1 is 1.73 bits per heavy atom. The van der Waals surface area contributed by atoms with Gasteiger partial charge in [-0.2, -0.15) is 0 Å². The number of aryl methyl sites for hydroxylation is 1. The Balaban J connectivity index is 2.46. The normalized spacial score (nSPS) is 13.1. The van der Waals surface area contributed by atoms with Crippen LogP contribution in [0.4, 0.5) is 0 Å². The van der Waals surface area contributed by atoms with E-state index in [9.17, 15) is 4.79 Å². The smallest absolute Gasteiger partial charge is 0.235 e. The molecule has 5 nitrogen and oxygen atoms in total. The molecule has 0 saturated heterocycles. The SMILES string of the molecule is Cc1ncsc1CN(C)CC(N)C(N)=O. The van der Waals surface area contributed by atoms with Crippen molar-refractivity contribution in [2.75, 3.05) is 13.6 Å². The number of hydrogen-bond donors (Lipinski definition) is 2. The molecule has 1 unspecified atom stereocenters. The van der Waals surface area contributed by atoms with E-state index in [1.165, 1.54) is 4.88 Å². The van der Waals surface area contributed by atoms with Crippen LogP contribution in [0, 0.1) is 6.92 Å². The third kappa shape index (κ3) is 3.58. The van der Waals surface area contributed by atoms with Gasteiger partial charge in [0.1, 0.15) is 0 Å². The summed E-state index contributed by atoms with van der Waals surface area (Å²) in [6, 6.07) is -0.608. The molecule has 1 atom stereocenters. The van der Waals surface area contributed by atoms with E-state index in [1.54, 1.807) is 11.3 Å². The Morgan fingerprint density at radius 3 is 2.87 bits per heavy atom. The Kier molecular flexibility index (Phi) is 4.19. The lowest BCUT2D eigenvalue weighted by molar-refractivity contribution is -0.119. The van der Waals surface area contributed by atoms with Gasteiger partial charge in [0.2, 0.25) is 5.91 Å². The van der Waals surface area contributed by atoms with Crippen LogP contribution in [0.3, 0.4) is 0 Å². The van der Waals surface area contributed by atoms with Gasteiger partial charge < -0.3 is 11.5 Å². The minimum Gasteiger partial charge on any atom is -0.368 e. The number of hydrogen-bond acceptors (Lipinski definition) is 5. The van der Waals surface area contributed by atoms with Crippen molar-refractivity contribution in [2.45, 2.75) is 19.5 Å². The number of carbonyl (C=O) groups is 1. The van der Waals surface area contributed by atoms with E-state index in [1.807, 2.05) is 24.4 Å². The van der Waals surface area contributed by atoms with Crippen molar-refractivity contribution in [3.05, 3.63) is 16.1 Å². The van der Waals surface area contributed by atoms with Gasteiger partial charge in [0.25, 0.3) is 0 Å². The first-order chi connectivity index (χ1) is 7.00. The summed E-state index contributed by atoms with van der Waals surface area (Å²) in [5.41, 5.74) is 13.5. The van der Waals surface area contributed by atoms with Crippen molar-refractivity contribution in [1.29, 1.82) is 0 Å². The molecular weight excluding hydrogens is 212 g/mol. The van der Waals surface area contributed by atoms with E-state index >= 15 is 0 Å². The first-order valence-electron chi connectivity index (χ1n) is 4.63. The predicted molar refractivity (Wildman–Crippen MR) is 60.4 cm³/mol. The summed E-state index contributed by atoms with van der Waals surface area (Å²) in [5, 5.41) is 0. The fraction of sp³-hybridized carbons (Fsp3) is 0.556. The molecule has 1 aromatic heterocycles. The average Bonchev–Trinajstić information content (AvgIpc) is 2.51. The quantitative estimate of drug-likeness (QED) is 0.724. The van der Waals surface area contributed by atoms with Gasteiger partial charge in [0.15, 0.2) is 0 Å². The number of carbonyl (C=O) groups excluding carboxylic acids is 1. The number of rotatable bonds is 5. The third-order valence-electron chi connectivity index (χ3n) is 2.13. The molecule has 0 aliphatic heterocycles. The van der Waals surface area contributed by atoms with Crippen molar-refractivity contribution in [2.24, 2.45) is 11.5 Å². The molecular formula is C9H16N4OS. The number of thiazole rings is 1. The zero-order valence-corrected chi connectivity index (χ0v) is 9.75. The second kappa shape index (κ2) is 5.20. The lowest BCUT2D eigenvalue weighted by Gasteiger charge is -2.18. The van der Waals surface area contributed by atoms with E-state index in [-0.39, 0.29) is 0 Å². The van der Waals surface area contributed by atoms with Crippen molar-refractivity contribution in [1.82, 2.24) is 9.88 Å². The van der Waals surface area contributed by atoms with Crippen LogP contribution in [-0.4, -0.2) is 35.4 Å². The Morgan fingerprint density at radius 2 is 2.40 bits per heavy atom. The summed E-state index contributed by atoms with van der Waals surface area (Å²) < 4.78 is 0. The first kappa shape index (κ1) is 12.1. The lowest BCUT2D eigenvalue weighted by atomic mass is 10.2. The van der Waals surface area contributed by atoms with E-state index < -0.39 is 11.9 Å². The zero-order chi connectivity index (χ0) is 11.4. The highest BCUT2D eigenvalue weighted by Crippen LogP contribution is 2.13. The molecule has 0 bridgehead atoms. The van der Waals surface area contributed by atoms with Crippen LogP contribution in [0.25, 0.3) is 0 Å². The summed E-state index contributed by atoms with van der Waals surface area (Å²) in [7, 11) is 1.90. The fourth-order valence-corrected chi connectivity index (χ4v) is 2.07. The number of primary amides is 1. The second-order valence-corrected chi connectivity index (χ2v) is 4.51. The number of aromatic nitrogens is 1. The van der Waals surface area contributed by atoms with E-state index in [2.05, 4.69) is 4.98 Å². The molecule has 0 fully saturated rings.